The molecular weight excluding hydrogens is 334 g/mol. The van der Waals surface area contributed by atoms with Gasteiger partial charge in [-0.3, -0.25) is 0 Å². The number of ether oxygens (including phenoxy) is 3. The van der Waals surface area contributed by atoms with Crippen LogP contribution in [0.25, 0.3) is 0 Å². The van der Waals surface area contributed by atoms with E-state index in [0.29, 0.717) is 24.8 Å². The molecule has 0 unspecified atom stereocenters. The number of carbonyl (C=O) groups excluding carboxylic acids is 2. The molecule has 144 valence electrons. The molecule has 2 rings (SSSR count). The highest BCUT2D eigenvalue weighted by Crippen LogP contribution is 2.28. The van der Waals surface area contributed by atoms with Crippen molar-refractivity contribution in [3.05, 3.63) is 29.3 Å². The number of hydrogen-bond acceptors (Lipinski definition) is 5. The second kappa shape index (κ2) is 8.92. The topological polar surface area (TPSA) is 73.9 Å². The first-order valence-corrected chi connectivity index (χ1v) is 9.14. The molecule has 1 amide bonds. The van der Waals surface area contributed by atoms with Crippen LogP contribution in [0.1, 0.15) is 45.2 Å². The molecule has 0 radical (unpaired) electrons. The molecule has 1 aromatic rings. The fourth-order valence-corrected chi connectivity index (χ4v) is 2.96. The lowest BCUT2D eigenvalue weighted by Gasteiger charge is -2.26. The quantitative estimate of drug-likeness (QED) is 0.785. The number of alkyl carbamates (subject to hydrolysis) is 1. The van der Waals surface area contributed by atoms with E-state index in [0.717, 1.165) is 19.3 Å². The Morgan fingerprint density at radius 2 is 2.00 bits per heavy atom. The summed E-state index contributed by atoms with van der Waals surface area (Å²) < 4.78 is 15.7. The van der Waals surface area contributed by atoms with Gasteiger partial charge in [-0.1, -0.05) is 6.07 Å². The van der Waals surface area contributed by atoms with E-state index in [4.69, 9.17) is 14.2 Å². The Morgan fingerprint density at radius 3 is 2.69 bits per heavy atom. The van der Waals surface area contributed by atoms with Crippen LogP contribution >= 0.6 is 0 Å². The summed E-state index contributed by atoms with van der Waals surface area (Å²) >= 11 is 0. The van der Waals surface area contributed by atoms with Gasteiger partial charge in [-0.15, -0.1) is 0 Å². The summed E-state index contributed by atoms with van der Waals surface area (Å²) in [4.78, 5) is 23.2. The van der Waals surface area contributed by atoms with E-state index in [1.54, 1.807) is 6.92 Å². The number of nitrogens with one attached hydrogen (secondary N) is 1. The van der Waals surface area contributed by atoms with Crippen molar-refractivity contribution < 1.29 is 23.8 Å². The number of hydrogen-bond donors (Lipinski definition) is 1. The van der Waals surface area contributed by atoms with Crippen molar-refractivity contribution in [3.63, 3.8) is 0 Å². The molecule has 0 fully saturated rings. The zero-order valence-corrected chi connectivity index (χ0v) is 16.1. The molecular formula is C20H29NO5. The van der Waals surface area contributed by atoms with E-state index in [1.807, 2.05) is 39.0 Å². The van der Waals surface area contributed by atoms with Gasteiger partial charge < -0.3 is 19.5 Å². The third-order valence-electron chi connectivity index (χ3n) is 4.10. The molecule has 1 N–H and O–H groups in total. The van der Waals surface area contributed by atoms with Crippen LogP contribution in [0.2, 0.25) is 0 Å². The molecule has 0 saturated heterocycles. The van der Waals surface area contributed by atoms with E-state index < -0.39 is 5.60 Å². The van der Waals surface area contributed by atoms with Gasteiger partial charge in [0, 0.05) is 6.54 Å². The van der Waals surface area contributed by atoms with Crippen LogP contribution in [0.5, 0.6) is 5.75 Å². The zero-order chi connectivity index (χ0) is 19.2. The van der Waals surface area contributed by atoms with Crippen LogP contribution in [0.3, 0.4) is 0 Å². The number of benzene rings is 1. The second-order valence-electron chi connectivity index (χ2n) is 7.52. The van der Waals surface area contributed by atoms with E-state index in [1.165, 1.54) is 11.1 Å². The normalized spacial score (nSPS) is 16.4. The minimum absolute atomic E-state index is 0.0870. The summed E-state index contributed by atoms with van der Waals surface area (Å²) in [6.07, 6.45) is 2.47. The van der Waals surface area contributed by atoms with E-state index in [-0.39, 0.29) is 18.7 Å². The predicted octanol–water partition coefficient (Wildman–Crippen LogP) is 3.26. The average molecular weight is 363 g/mol. The van der Waals surface area contributed by atoms with Crippen molar-refractivity contribution in [2.24, 2.45) is 5.92 Å². The lowest BCUT2D eigenvalue weighted by molar-refractivity contribution is -0.145. The predicted molar refractivity (Wildman–Crippen MR) is 98.3 cm³/mol. The first-order chi connectivity index (χ1) is 12.3. The van der Waals surface area contributed by atoms with Gasteiger partial charge in [-0.05, 0) is 76.1 Å². The van der Waals surface area contributed by atoms with Gasteiger partial charge in [-0.25, -0.2) is 9.59 Å². The van der Waals surface area contributed by atoms with Gasteiger partial charge in [0.05, 0.1) is 6.61 Å². The molecule has 0 heterocycles. The number of carbonyl (C=O) groups is 2. The first kappa shape index (κ1) is 20.1. The molecule has 1 aliphatic carbocycles. The number of esters is 1. The van der Waals surface area contributed by atoms with Gasteiger partial charge in [0.15, 0.2) is 6.61 Å². The van der Waals surface area contributed by atoms with Crippen molar-refractivity contribution in [1.29, 1.82) is 0 Å². The van der Waals surface area contributed by atoms with Gasteiger partial charge in [0.1, 0.15) is 11.4 Å². The molecule has 26 heavy (non-hydrogen) atoms. The number of aryl methyl sites for hydroxylation is 1. The SMILES string of the molecule is CCOC(=O)COc1ccc2c(c1)C[C@@H](CNC(=O)OC(C)(C)C)CC2. The number of rotatable bonds is 6. The number of amides is 1. The molecule has 1 aliphatic rings. The highest BCUT2D eigenvalue weighted by Gasteiger charge is 2.21. The minimum atomic E-state index is -0.492. The fraction of sp³-hybridized carbons (Fsp3) is 0.600. The van der Waals surface area contributed by atoms with Gasteiger partial charge in [-0.2, -0.15) is 0 Å². The molecule has 6 nitrogen and oxygen atoms in total. The monoisotopic (exact) mass is 363 g/mol. The summed E-state index contributed by atoms with van der Waals surface area (Å²) in [6, 6.07) is 5.92. The molecule has 6 heteroatoms. The van der Waals surface area contributed by atoms with Gasteiger partial charge in [0.25, 0.3) is 0 Å². The third-order valence-corrected chi connectivity index (χ3v) is 4.10. The summed E-state index contributed by atoms with van der Waals surface area (Å²) in [6.45, 7) is 8.16. The van der Waals surface area contributed by atoms with Crippen molar-refractivity contribution in [1.82, 2.24) is 5.32 Å². The molecule has 0 saturated carbocycles. The second-order valence-corrected chi connectivity index (χ2v) is 7.52. The lowest BCUT2D eigenvalue weighted by Crippen LogP contribution is -2.36. The summed E-state index contributed by atoms with van der Waals surface area (Å²) in [5, 5.41) is 2.85. The van der Waals surface area contributed by atoms with E-state index >= 15 is 0 Å². The van der Waals surface area contributed by atoms with E-state index in [2.05, 4.69) is 5.32 Å². The van der Waals surface area contributed by atoms with Crippen LogP contribution in [-0.4, -0.2) is 37.4 Å². The lowest BCUT2D eigenvalue weighted by atomic mass is 9.84. The molecule has 0 bridgehead atoms. The molecule has 0 spiro atoms. The van der Waals surface area contributed by atoms with Crippen molar-refractivity contribution in [3.8, 4) is 5.75 Å². The van der Waals surface area contributed by atoms with Crippen LogP contribution in [0.4, 0.5) is 4.79 Å². The van der Waals surface area contributed by atoms with Gasteiger partial charge >= 0.3 is 12.1 Å². The van der Waals surface area contributed by atoms with Crippen LogP contribution in [0.15, 0.2) is 18.2 Å². The zero-order valence-electron chi connectivity index (χ0n) is 16.1. The summed E-state index contributed by atoms with van der Waals surface area (Å²) in [5.74, 6) is 0.650. The maximum Gasteiger partial charge on any atom is 0.407 e. The standard InChI is InChI=1S/C20H29NO5/c1-5-24-18(22)13-25-17-9-8-15-7-6-14(10-16(15)11-17)12-21-19(23)26-20(2,3)4/h8-9,11,14H,5-7,10,12-13H2,1-4H3,(H,21,23)/t14-/m0/s1. The highest BCUT2D eigenvalue weighted by atomic mass is 16.6. The van der Waals surface area contributed by atoms with Gasteiger partial charge in [0.2, 0.25) is 0 Å². The number of fused-ring (bicyclic) bond motifs is 1. The Morgan fingerprint density at radius 1 is 1.23 bits per heavy atom. The highest BCUT2D eigenvalue weighted by molar-refractivity contribution is 5.71. The molecule has 1 atom stereocenters. The molecule has 1 aromatic carbocycles. The summed E-state index contributed by atoms with van der Waals surface area (Å²) in [7, 11) is 0. The Hall–Kier alpha value is -2.24. The van der Waals surface area contributed by atoms with Crippen LogP contribution in [-0.2, 0) is 27.1 Å². The maximum atomic E-state index is 11.8. The third kappa shape index (κ3) is 6.58. The average Bonchev–Trinajstić information content (AvgIpc) is 2.56. The molecule has 0 aliphatic heterocycles. The van der Waals surface area contributed by atoms with E-state index in [9.17, 15) is 9.59 Å². The Labute approximate surface area is 155 Å². The van der Waals surface area contributed by atoms with Crippen molar-refractivity contribution >= 4 is 12.1 Å². The minimum Gasteiger partial charge on any atom is -0.482 e. The van der Waals surface area contributed by atoms with Crippen molar-refractivity contribution in [2.75, 3.05) is 19.8 Å². The smallest absolute Gasteiger partial charge is 0.407 e. The first-order valence-electron chi connectivity index (χ1n) is 9.14. The maximum absolute atomic E-state index is 11.8. The van der Waals surface area contributed by atoms with Crippen LogP contribution < -0.4 is 10.1 Å². The summed E-state index contributed by atoms with van der Waals surface area (Å²) in [5.41, 5.74) is 2.00. The molecule has 0 aromatic heterocycles. The largest absolute Gasteiger partial charge is 0.482 e. The van der Waals surface area contributed by atoms with Crippen LogP contribution in [0, 0.1) is 5.92 Å². The Balaban J connectivity index is 1.87. The Kier molecular flexibility index (Phi) is 6.89. The van der Waals surface area contributed by atoms with Crippen molar-refractivity contribution in [2.45, 2.75) is 52.6 Å². The fourth-order valence-electron chi connectivity index (χ4n) is 2.96. The Bertz CT molecular complexity index is 636.